The molecule has 0 aliphatic heterocycles. The standard InChI is InChI=1S/C10H10O2/c1-2-9(11)10(12)8-6-4-3-5-7-8/h2-7,10,12H,1H2. The molecule has 0 bridgehead atoms. The Morgan fingerprint density at radius 1 is 1.42 bits per heavy atom. The lowest BCUT2D eigenvalue weighted by atomic mass is 10.1. The van der Waals surface area contributed by atoms with E-state index in [1.807, 2.05) is 6.07 Å². The third-order valence-corrected chi connectivity index (χ3v) is 1.59. The van der Waals surface area contributed by atoms with Gasteiger partial charge in [-0.2, -0.15) is 0 Å². The average Bonchev–Trinajstić information content (AvgIpc) is 2.17. The lowest BCUT2D eigenvalue weighted by Gasteiger charge is -2.05. The van der Waals surface area contributed by atoms with Gasteiger partial charge in [0.25, 0.3) is 0 Å². The van der Waals surface area contributed by atoms with Crippen LogP contribution in [0.2, 0.25) is 0 Å². The molecule has 1 unspecified atom stereocenters. The lowest BCUT2D eigenvalue weighted by molar-refractivity contribution is -0.122. The highest BCUT2D eigenvalue weighted by Gasteiger charge is 2.12. The lowest BCUT2D eigenvalue weighted by Crippen LogP contribution is -2.08. The van der Waals surface area contributed by atoms with E-state index in [9.17, 15) is 9.90 Å². The van der Waals surface area contributed by atoms with E-state index in [2.05, 4.69) is 6.58 Å². The van der Waals surface area contributed by atoms with Gasteiger partial charge < -0.3 is 5.11 Å². The molecule has 2 nitrogen and oxygen atoms in total. The van der Waals surface area contributed by atoms with Crippen molar-refractivity contribution < 1.29 is 9.90 Å². The molecule has 62 valence electrons. The minimum Gasteiger partial charge on any atom is -0.380 e. The molecule has 1 N–H and O–H groups in total. The van der Waals surface area contributed by atoms with E-state index in [4.69, 9.17) is 0 Å². The van der Waals surface area contributed by atoms with Gasteiger partial charge in [-0.15, -0.1) is 0 Å². The van der Waals surface area contributed by atoms with E-state index < -0.39 is 6.10 Å². The monoisotopic (exact) mass is 162 g/mol. The van der Waals surface area contributed by atoms with Crippen LogP contribution in [0.3, 0.4) is 0 Å². The zero-order valence-corrected chi connectivity index (χ0v) is 6.60. The van der Waals surface area contributed by atoms with Crippen LogP contribution in [-0.2, 0) is 4.79 Å². The fraction of sp³-hybridized carbons (Fsp3) is 0.100. The van der Waals surface area contributed by atoms with Crippen molar-refractivity contribution in [3.8, 4) is 0 Å². The van der Waals surface area contributed by atoms with Crippen molar-refractivity contribution in [3.63, 3.8) is 0 Å². The second-order valence-electron chi connectivity index (χ2n) is 2.42. The molecule has 0 radical (unpaired) electrons. The Kier molecular flexibility index (Phi) is 2.77. The van der Waals surface area contributed by atoms with Gasteiger partial charge in [0.15, 0.2) is 5.78 Å². The summed E-state index contributed by atoms with van der Waals surface area (Å²) in [5.74, 6) is -0.374. The summed E-state index contributed by atoms with van der Waals surface area (Å²) in [5, 5.41) is 9.37. The Balaban J connectivity index is 2.85. The summed E-state index contributed by atoms with van der Waals surface area (Å²) < 4.78 is 0. The van der Waals surface area contributed by atoms with Crippen LogP contribution < -0.4 is 0 Å². The summed E-state index contributed by atoms with van der Waals surface area (Å²) in [6.45, 7) is 3.30. The Labute approximate surface area is 71.2 Å². The first kappa shape index (κ1) is 8.68. The van der Waals surface area contributed by atoms with Gasteiger partial charge in [0, 0.05) is 0 Å². The molecule has 0 saturated carbocycles. The van der Waals surface area contributed by atoms with E-state index >= 15 is 0 Å². The first-order valence-electron chi connectivity index (χ1n) is 3.65. The van der Waals surface area contributed by atoms with Crippen LogP contribution in [0.5, 0.6) is 0 Å². The Bertz CT molecular complexity index is 277. The maximum atomic E-state index is 10.9. The topological polar surface area (TPSA) is 37.3 Å². The molecule has 0 aliphatic rings. The normalized spacial score (nSPS) is 12.1. The van der Waals surface area contributed by atoms with Crippen molar-refractivity contribution in [3.05, 3.63) is 48.6 Å². The second-order valence-corrected chi connectivity index (χ2v) is 2.42. The smallest absolute Gasteiger partial charge is 0.188 e. The highest BCUT2D eigenvalue weighted by molar-refractivity contribution is 5.93. The van der Waals surface area contributed by atoms with E-state index in [0.717, 1.165) is 6.08 Å². The molecule has 1 atom stereocenters. The Morgan fingerprint density at radius 2 is 2.00 bits per heavy atom. The minimum atomic E-state index is -1.07. The van der Waals surface area contributed by atoms with E-state index in [-0.39, 0.29) is 5.78 Å². The van der Waals surface area contributed by atoms with Gasteiger partial charge in [0.05, 0.1) is 0 Å². The van der Waals surface area contributed by atoms with Crippen LogP contribution in [0.1, 0.15) is 11.7 Å². The largest absolute Gasteiger partial charge is 0.380 e. The number of ketones is 1. The third kappa shape index (κ3) is 1.80. The number of hydrogen-bond donors (Lipinski definition) is 1. The van der Waals surface area contributed by atoms with Gasteiger partial charge >= 0.3 is 0 Å². The van der Waals surface area contributed by atoms with Gasteiger partial charge in [0.2, 0.25) is 0 Å². The van der Waals surface area contributed by atoms with Crippen molar-refractivity contribution in [2.24, 2.45) is 0 Å². The highest BCUT2D eigenvalue weighted by Crippen LogP contribution is 2.12. The molecule has 12 heavy (non-hydrogen) atoms. The Hall–Kier alpha value is -1.41. The van der Waals surface area contributed by atoms with Gasteiger partial charge in [-0.3, -0.25) is 4.79 Å². The zero-order chi connectivity index (χ0) is 8.97. The summed E-state index contributed by atoms with van der Waals surface area (Å²) in [4.78, 5) is 10.9. The summed E-state index contributed by atoms with van der Waals surface area (Å²) in [6.07, 6.45) is 0.0567. The molecule has 1 rings (SSSR count). The second kappa shape index (κ2) is 3.83. The average molecular weight is 162 g/mol. The molecule has 0 amide bonds. The molecule has 1 aromatic carbocycles. The molecule has 0 heterocycles. The first-order chi connectivity index (χ1) is 5.75. The Morgan fingerprint density at radius 3 is 2.50 bits per heavy atom. The maximum absolute atomic E-state index is 10.9. The van der Waals surface area contributed by atoms with Crippen molar-refractivity contribution >= 4 is 5.78 Å². The molecule has 2 heteroatoms. The van der Waals surface area contributed by atoms with Crippen molar-refractivity contribution in [1.82, 2.24) is 0 Å². The van der Waals surface area contributed by atoms with Gasteiger partial charge in [0.1, 0.15) is 6.10 Å². The predicted molar refractivity (Wildman–Crippen MR) is 46.6 cm³/mol. The molecule has 0 fully saturated rings. The van der Waals surface area contributed by atoms with Crippen LogP contribution in [0.15, 0.2) is 43.0 Å². The number of rotatable bonds is 3. The summed E-state index contributed by atoms with van der Waals surface area (Å²) >= 11 is 0. The van der Waals surface area contributed by atoms with Crippen molar-refractivity contribution in [2.75, 3.05) is 0 Å². The number of hydrogen-bond acceptors (Lipinski definition) is 2. The van der Waals surface area contributed by atoms with Crippen LogP contribution in [-0.4, -0.2) is 10.9 Å². The van der Waals surface area contributed by atoms with Crippen LogP contribution in [0.4, 0.5) is 0 Å². The molecular weight excluding hydrogens is 152 g/mol. The molecule has 0 spiro atoms. The number of carbonyl (C=O) groups is 1. The zero-order valence-electron chi connectivity index (χ0n) is 6.60. The summed E-state index contributed by atoms with van der Waals surface area (Å²) in [7, 11) is 0. The van der Waals surface area contributed by atoms with Gasteiger partial charge in [-0.05, 0) is 11.6 Å². The maximum Gasteiger partial charge on any atom is 0.188 e. The summed E-state index contributed by atoms with van der Waals surface area (Å²) in [5.41, 5.74) is 0.599. The van der Waals surface area contributed by atoms with E-state index in [1.54, 1.807) is 24.3 Å². The fourth-order valence-electron chi connectivity index (χ4n) is 0.911. The van der Waals surface area contributed by atoms with E-state index in [0.29, 0.717) is 5.56 Å². The van der Waals surface area contributed by atoms with Gasteiger partial charge in [-0.25, -0.2) is 0 Å². The molecule has 0 aromatic heterocycles. The molecular formula is C10H10O2. The van der Waals surface area contributed by atoms with Crippen molar-refractivity contribution in [2.45, 2.75) is 6.10 Å². The van der Waals surface area contributed by atoms with Crippen molar-refractivity contribution in [1.29, 1.82) is 0 Å². The number of aliphatic hydroxyl groups excluding tert-OH is 1. The highest BCUT2D eigenvalue weighted by atomic mass is 16.3. The summed E-state index contributed by atoms with van der Waals surface area (Å²) in [6, 6.07) is 8.77. The quantitative estimate of drug-likeness (QED) is 0.683. The fourth-order valence-corrected chi connectivity index (χ4v) is 0.911. The molecule has 0 aliphatic carbocycles. The van der Waals surface area contributed by atoms with Crippen LogP contribution in [0.25, 0.3) is 0 Å². The molecule has 1 aromatic rings. The third-order valence-electron chi connectivity index (χ3n) is 1.59. The minimum absolute atomic E-state index is 0.374. The first-order valence-corrected chi connectivity index (χ1v) is 3.65. The number of benzene rings is 1. The number of carbonyl (C=O) groups excluding carboxylic acids is 1. The number of aliphatic hydroxyl groups is 1. The van der Waals surface area contributed by atoms with Crippen LogP contribution >= 0.6 is 0 Å². The van der Waals surface area contributed by atoms with Gasteiger partial charge in [-0.1, -0.05) is 36.9 Å². The molecule has 0 saturated heterocycles. The van der Waals surface area contributed by atoms with E-state index in [1.165, 1.54) is 0 Å². The predicted octanol–water partition coefficient (Wildman–Crippen LogP) is 1.48. The van der Waals surface area contributed by atoms with Crippen LogP contribution in [0, 0.1) is 0 Å². The SMILES string of the molecule is C=CC(=O)C(O)c1ccccc1.